The molecule has 0 aliphatic carbocycles. The van der Waals surface area contributed by atoms with E-state index in [-0.39, 0.29) is 0 Å². The summed E-state index contributed by atoms with van der Waals surface area (Å²) in [5.74, 6) is 0. The number of rotatable bonds is 6. The predicted octanol–water partition coefficient (Wildman–Crippen LogP) is 3.74. The van der Waals surface area contributed by atoms with Crippen molar-refractivity contribution in [2.45, 2.75) is 43.5 Å². The maximum Gasteiger partial charge on any atom is 0.184 e. The van der Waals surface area contributed by atoms with Crippen LogP contribution in [0.25, 0.3) is 10.4 Å². The van der Waals surface area contributed by atoms with Crippen LogP contribution in [0.3, 0.4) is 0 Å². The molecule has 0 radical (unpaired) electrons. The molecule has 0 amide bonds. The number of benzene rings is 2. The van der Waals surface area contributed by atoms with E-state index < -0.39 is 36.9 Å². The second kappa shape index (κ2) is 9.37. The molecule has 6 unspecified atom stereocenters. The van der Waals surface area contributed by atoms with E-state index in [9.17, 15) is 0 Å². The minimum absolute atomic E-state index is 0.318. The van der Waals surface area contributed by atoms with Gasteiger partial charge in [0.15, 0.2) is 12.6 Å². The molecule has 2 aromatic carbocycles. The van der Waals surface area contributed by atoms with Crippen LogP contribution in [-0.4, -0.2) is 44.4 Å². The Bertz CT molecular complexity index is 831. The third kappa shape index (κ3) is 4.43. The Morgan fingerprint density at radius 2 is 1.79 bits per heavy atom. The van der Waals surface area contributed by atoms with Gasteiger partial charge in [-0.1, -0.05) is 65.8 Å². The van der Waals surface area contributed by atoms with Crippen LogP contribution in [0.4, 0.5) is 0 Å². The van der Waals surface area contributed by atoms with Gasteiger partial charge < -0.3 is 23.7 Å². The number of hydrogen-bond donors (Lipinski definition) is 0. The molecule has 2 aliphatic rings. The highest BCUT2D eigenvalue weighted by Gasteiger charge is 2.50. The van der Waals surface area contributed by atoms with E-state index in [4.69, 9.17) is 29.2 Å². The van der Waals surface area contributed by atoms with Crippen LogP contribution in [0.15, 0.2) is 65.8 Å². The average molecular weight is 397 g/mol. The maximum absolute atomic E-state index is 9.09. The lowest BCUT2D eigenvalue weighted by Crippen LogP contribution is -2.62. The van der Waals surface area contributed by atoms with Crippen LogP contribution in [0.5, 0.6) is 0 Å². The first kappa shape index (κ1) is 19.8. The van der Waals surface area contributed by atoms with Crippen LogP contribution < -0.4 is 0 Å². The standard InChI is InChI=1S/C21H23N3O5/c1-25-21-17(23-24-22)19(26-12-14-8-4-2-5-9-14)18-16(28-21)13-27-20(29-18)15-10-6-3-7-11-15/h2-11,16-21H,12-13H2,1H3. The highest BCUT2D eigenvalue weighted by molar-refractivity contribution is 5.17. The van der Waals surface area contributed by atoms with Crippen molar-refractivity contribution >= 4 is 0 Å². The Balaban J connectivity index is 1.58. The minimum atomic E-state index is -0.742. The lowest BCUT2D eigenvalue weighted by Gasteiger charge is -2.47. The van der Waals surface area contributed by atoms with Gasteiger partial charge in [0.25, 0.3) is 0 Å². The summed E-state index contributed by atoms with van der Waals surface area (Å²) in [6, 6.07) is 18.8. The molecule has 2 aliphatic heterocycles. The molecule has 152 valence electrons. The third-order valence-corrected chi connectivity index (χ3v) is 5.08. The average Bonchev–Trinajstić information content (AvgIpc) is 2.79. The first-order chi connectivity index (χ1) is 14.3. The molecule has 2 heterocycles. The zero-order valence-electron chi connectivity index (χ0n) is 16.0. The summed E-state index contributed by atoms with van der Waals surface area (Å²) in [4.78, 5) is 2.98. The Kier molecular flexibility index (Phi) is 6.41. The fourth-order valence-corrected chi connectivity index (χ4v) is 3.67. The molecule has 2 saturated heterocycles. The highest BCUT2D eigenvalue weighted by Crippen LogP contribution is 2.36. The lowest BCUT2D eigenvalue weighted by atomic mass is 9.96. The molecule has 4 rings (SSSR count). The van der Waals surface area contributed by atoms with Gasteiger partial charge in [-0.3, -0.25) is 0 Å². The summed E-state index contributed by atoms with van der Waals surface area (Å²) in [6.07, 6.45) is -2.71. The van der Waals surface area contributed by atoms with Gasteiger partial charge >= 0.3 is 0 Å². The Hall–Kier alpha value is -2.45. The quantitative estimate of drug-likeness (QED) is 0.420. The number of methoxy groups -OCH3 is 1. The van der Waals surface area contributed by atoms with Crippen LogP contribution >= 0.6 is 0 Å². The monoisotopic (exact) mass is 397 g/mol. The summed E-state index contributed by atoms with van der Waals surface area (Å²) in [7, 11) is 1.51. The van der Waals surface area contributed by atoms with Gasteiger partial charge in [-0.2, -0.15) is 0 Å². The Morgan fingerprint density at radius 3 is 2.48 bits per heavy atom. The van der Waals surface area contributed by atoms with Crippen LogP contribution in [0, 0.1) is 0 Å². The summed E-state index contributed by atoms with van der Waals surface area (Å²) >= 11 is 0. The normalized spacial score (nSPS) is 31.5. The first-order valence-electron chi connectivity index (χ1n) is 9.50. The van der Waals surface area contributed by atoms with E-state index in [2.05, 4.69) is 10.0 Å². The molecule has 8 nitrogen and oxygen atoms in total. The van der Waals surface area contributed by atoms with E-state index in [1.807, 2.05) is 60.7 Å². The van der Waals surface area contributed by atoms with Gasteiger partial charge in [0.05, 0.1) is 13.2 Å². The number of nitrogens with zero attached hydrogens (tertiary/aromatic N) is 3. The highest BCUT2D eigenvalue weighted by atomic mass is 16.7. The van der Waals surface area contributed by atoms with Crippen molar-refractivity contribution in [2.24, 2.45) is 5.11 Å². The molecule has 0 saturated carbocycles. The second-order valence-electron chi connectivity index (χ2n) is 6.91. The minimum Gasteiger partial charge on any atom is -0.370 e. The van der Waals surface area contributed by atoms with Gasteiger partial charge in [-0.25, -0.2) is 0 Å². The van der Waals surface area contributed by atoms with Crippen LogP contribution in [-0.2, 0) is 30.3 Å². The third-order valence-electron chi connectivity index (χ3n) is 5.08. The first-order valence-corrected chi connectivity index (χ1v) is 9.50. The summed E-state index contributed by atoms with van der Waals surface area (Å²) in [5, 5.41) is 3.90. The van der Waals surface area contributed by atoms with E-state index >= 15 is 0 Å². The van der Waals surface area contributed by atoms with Gasteiger partial charge in [0, 0.05) is 17.6 Å². The molecule has 6 atom stereocenters. The zero-order valence-corrected chi connectivity index (χ0v) is 16.0. The molecule has 0 aromatic heterocycles. The zero-order chi connectivity index (χ0) is 20.1. The molecule has 0 bridgehead atoms. The summed E-state index contributed by atoms with van der Waals surface area (Å²) in [6.45, 7) is 0.668. The number of hydrogen-bond acceptors (Lipinski definition) is 6. The SMILES string of the molecule is COC1OC2COC(c3ccccc3)OC2C(OCc2ccccc2)C1N=[N+]=[N-]. The van der Waals surface area contributed by atoms with Crippen molar-refractivity contribution in [1.82, 2.24) is 0 Å². The lowest BCUT2D eigenvalue weighted by molar-refractivity contribution is -0.344. The smallest absolute Gasteiger partial charge is 0.184 e. The van der Waals surface area contributed by atoms with Crippen molar-refractivity contribution in [3.05, 3.63) is 82.2 Å². The van der Waals surface area contributed by atoms with Crippen molar-refractivity contribution in [3.63, 3.8) is 0 Å². The summed E-state index contributed by atoms with van der Waals surface area (Å²) in [5.41, 5.74) is 11.0. The molecule has 0 N–H and O–H groups in total. The summed E-state index contributed by atoms with van der Waals surface area (Å²) < 4.78 is 29.7. The van der Waals surface area contributed by atoms with Gasteiger partial charge in [-0.15, -0.1) is 0 Å². The molecule has 2 fully saturated rings. The molecule has 29 heavy (non-hydrogen) atoms. The van der Waals surface area contributed by atoms with Crippen molar-refractivity contribution in [1.29, 1.82) is 0 Å². The largest absolute Gasteiger partial charge is 0.370 e. The molecule has 0 spiro atoms. The van der Waals surface area contributed by atoms with E-state index in [1.165, 1.54) is 7.11 Å². The Labute approximate surface area is 168 Å². The van der Waals surface area contributed by atoms with Crippen LogP contribution in [0.1, 0.15) is 17.4 Å². The van der Waals surface area contributed by atoms with Gasteiger partial charge in [0.2, 0.25) is 0 Å². The molecular weight excluding hydrogens is 374 g/mol. The number of ether oxygens (including phenoxy) is 5. The molecule has 8 heteroatoms. The fourth-order valence-electron chi connectivity index (χ4n) is 3.67. The Morgan fingerprint density at radius 1 is 1.07 bits per heavy atom. The van der Waals surface area contributed by atoms with Crippen molar-refractivity contribution in [3.8, 4) is 0 Å². The predicted molar refractivity (Wildman–Crippen MR) is 104 cm³/mol. The fraction of sp³-hybridized carbons (Fsp3) is 0.429. The number of azide groups is 1. The van der Waals surface area contributed by atoms with E-state index in [0.717, 1.165) is 11.1 Å². The van der Waals surface area contributed by atoms with E-state index in [1.54, 1.807) is 0 Å². The molecule has 2 aromatic rings. The van der Waals surface area contributed by atoms with E-state index in [0.29, 0.717) is 13.2 Å². The van der Waals surface area contributed by atoms with Gasteiger partial charge in [0.1, 0.15) is 24.4 Å². The van der Waals surface area contributed by atoms with Crippen molar-refractivity contribution < 1.29 is 23.7 Å². The topological polar surface area (TPSA) is 94.9 Å². The maximum atomic E-state index is 9.09. The number of fused-ring (bicyclic) bond motifs is 1. The molecular formula is C21H23N3O5. The van der Waals surface area contributed by atoms with Crippen molar-refractivity contribution in [2.75, 3.05) is 13.7 Å². The second-order valence-corrected chi connectivity index (χ2v) is 6.91. The van der Waals surface area contributed by atoms with Crippen LogP contribution in [0.2, 0.25) is 0 Å². The van der Waals surface area contributed by atoms with Gasteiger partial charge in [-0.05, 0) is 11.1 Å².